The Balaban J connectivity index is 1.22. The Labute approximate surface area is 215 Å². The van der Waals surface area contributed by atoms with E-state index in [-0.39, 0.29) is 16.7 Å². The minimum atomic E-state index is -3.83. The molecule has 5 rings (SSSR count). The first-order valence-electron chi connectivity index (χ1n) is 12.1. The van der Waals surface area contributed by atoms with Crippen LogP contribution in [0.2, 0.25) is 0 Å². The van der Waals surface area contributed by atoms with Gasteiger partial charge in [-0.25, -0.2) is 13.4 Å². The van der Waals surface area contributed by atoms with Gasteiger partial charge in [0.2, 0.25) is 5.91 Å². The summed E-state index contributed by atoms with van der Waals surface area (Å²) in [7, 11) is -3.83. The zero-order chi connectivity index (χ0) is 26.0. The van der Waals surface area contributed by atoms with Crippen molar-refractivity contribution in [1.29, 1.82) is 0 Å². The lowest BCUT2D eigenvalue weighted by Gasteiger charge is -2.35. The first kappa shape index (κ1) is 24.6. The van der Waals surface area contributed by atoms with Gasteiger partial charge < -0.3 is 9.80 Å². The van der Waals surface area contributed by atoms with Gasteiger partial charge in [-0.1, -0.05) is 30.3 Å². The van der Waals surface area contributed by atoms with Crippen LogP contribution in [-0.2, 0) is 14.8 Å². The molecule has 10 heteroatoms. The van der Waals surface area contributed by atoms with Crippen LogP contribution < -0.4 is 4.72 Å². The van der Waals surface area contributed by atoms with Crippen LogP contribution in [0.4, 0.5) is 0 Å². The maximum Gasteiger partial charge on any atom is 0.272 e. The zero-order valence-corrected chi connectivity index (χ0v) is 21.2. The molecule has 0 unspecified atom stereocenters. The molecule has 0 atom stereocenters. The third-order valence-corrected chi connectivity index (χ3v) is 7.98. The van der Waals surface area contributed by atoms with Crippen molar-refractivity contribution >= 4 is 32.7 Å². The molecule has 0 radical (unpaired) electrons. The Kier molecular flexibility index (Phi) is 6.75. The lowest BCUT2D eigenvalue weighted by atomic mass is 10.0. The van der Waals surface area contributed by atoms with Crippen molar-refractivity contribution in [3.05, 3.63) is 89.5 Å². The number of sulfonamides is 1. The average molecular weight is 518 g/mol. The van der Waals surface area contributed by atoms with Crippen molar-refractivity contribution in [2.45, 2.75) is 24.7 Å². The number of pyridine rings is 2. The maximum absolute atomic E-state index is 13.1. The number of allylic oxidation sites excluding steroid dienone is 3. The summed E-state index contributed by atoms with van der Waals surface area (Å²) in [5.74, 6) is -0.217. The smallest absolute Gasteiger partial charge is 0.272 e. The second-order valence-electron chi connectivity index (χ2n) is 9.07. The summed E-state index contributed by atoms with van der Waals surface area (Å²) in [5.41, 5.74) is 2.75. The number of carbonyl (C=O) groups is 2. The molecule has 190 valence electrons. The normalized spacial score (nSPS) is 16.2. The van der Waals surface area contributed by atoms with Crippen molar-refractivity contribution in [3.8, 4) is 0 Å². The van der Waals surface area contributed by atoms with E-state index in [1.165, 1.54) is 6.07 Å². The molecule has 9 nitrogen and oxygen atoms in total. The third kappa shape index (κ3) is 5.24. The van der Waals surface area contributed by atoms with Crippen molar-refractivity contribution in [2.75, 3.05) is 26.2 Å². The SMILES string of the molecule is Cc1cccc(C(=O)N2CCN(C(=O)C3=CC=C(NS(=O)(=O)c4cccc5cccnc45)CC3)CC2)n1. The molecule has 3 heterocycles. The summed E-state index contributed by atoms with van der Waals surface area (Å²) < 4.78 is 28.8. The van der Waals surface area contributed by atoms with Crippen LogP contribution in [0.3, 0.4) is 0 Å². The number of nitrogens with zero attached hydrogens (tertiary/aromatic N) is 4. The molecule has 3 aromatic rings. The highest BCUT2D eigenvalue weighted by molar-refractivity contribution is 7.89. The monoisotopic (exact) mass is 517 g/mol. The number of aromatic nitrogens is 2. The quantitative estimate of drug-likeness (QED) is 0.557. The molecular formula is C27H27N5O4S. The van der Waals surface area contributed by atoms with E-state index >= 15 is 0 Å². The second kappa shape index (κ2) is 10.1. The van der Waals surface area contributed by atoms with Gasteiger partial charge in [0, 0.05) is 54.7 Å². The number of nitrogens with one attached hydrogen (secondary N) is 1. The van der Waals surface area contributed by atoms with Gasteiger partial charge in [-0.15, -0.1) is 0 Å². The van der Waals surface area contributed by atoms with Gasteiger partial charge in [0.25, 0.3) is 15.9 Å². The fourth-order valence-corrected chi connectivity index (χ4v) is 5.87. The molecule has 37 heavy (non-hydrogen) atoms. The molecule has 1 aliphatic carbocycles. The van der Waals surface area contributed by atoms with Gasteiger partial charge in [-0.05, 0) is 50.1 Å². The number of amides is 2. The number of benzene rings is 1. The number of aryl methyl sites for hydroxylation is 1. The fourth-order valence-electron chi connectivity index (χ4n) is 4.56. The van der Waals surface area contributed by atoms with E-state index in [1.54, 1.807) is 46.3 Å². The molecule has 2 aliphatic rings. The summed E-state index contributed by atoms with van der Waals surface area (Å²) in [5, 5.41) is 0.743. The summed E-state index contributed by atoms with van der Waals surface area (Å²) in [6, 6.07) is 14.0. The maximum atomic E-state index is 13.1. The number of hydrogen-bond acceptors (Lipinski definition) is 6. The van der Waals surface area contributed by atoms with Crippen molar-refractivity contribution < 1.29 is 18.0 Å². The van der Waals surface area contributed by atoms with Crippen LogP contribution in [0.5, 0.6) is 0 Å². The van der Waals surface area contributed by atoms with Crippen LogP contribution in [0, 0.1) is 6.92 Å². The van der Waals surface area contributed by atoms with Crippen LogP contribution >= 0.6 is 0 Å². The highest BCUT2D eigenvalue weighted by Gasteiger charge is 2.28. The first-order chi connectivity index (χ1) is 17.8. The summed E-state index contributed by atoms with van der Waals surface area (Å²) in [6.45, 7) is 3.59. The summed E-state index contributed by atoms with van der Waals surface area (Å²) in [6.07, 6.45) is 5.71. The molecule has 1 aromatic carbocycles. The third-order valence-electron chi connectivity index (χ3n) is 6.54. The Morgan fingerprint density at radius 1 is 0.865 bits per heavy atom. The van der Waals surface area contributed by atoms with E-state index in [0.29, 0.717) is 61.5 Å². The molecule has 2 aromatic heterocycles. The molecule has 1 N–H and O–H groups in total. The lowest BCUT2D eigenvalue weighted by molar-refractivity contribution is -0.128. The molecule has 2 amide bonds. The Bertz CT molecular complexity index is 1530. The van der Waals surface area contributed by atoms with Crippen molar-refractivity contribution in [2.24, 2.45) is 0 Å². The van der Waals surface area contributed by atoms with E-state index in [1.807, 2.05) is 31.2 Å². The van der Waals surface area contributed by atoms with Gasteiger partial charge >= 0.3 is 0 Å². The number of para-hydroxylation sites is 1. The van der Waals surface area contributed by atoms with E-state index in [9.17, 15) is 18.0 Å². The predicted molar refractivity (Wildman–Crippen MR) is 139 cm³/mol. The lowest BCUT2D eigenvalue weighted by Crippen LogP contribution is -2.51. The topological polar surface area (TPSA) is 113 Å². The highest BCUT2D eigenvalue weighted by atomic mass is 32.2. The van der Waals surface area contributed by atoms with E-state index in [0.717, 1.165) is 11.1 Å². The standard InChI is InChI=1S/C27H27N5O4S/c1-19-5-2-8-23(29-19)27(34)32-17-15-31(16-18-32)26(33)21-10-12-22(13-11-21)30-37(35,36)24-9-3-6-20-7-4-14-28-25(20)24/h2-10,12,14,30H,11,13,15-18H2,1H3. The average Bonchev–Trinajstić information content (AvgIpc) is 2.92. The van der Waals surface area contributed by atoms with Gasteiger partial charge in [-0.3, -0.25) is 19.3 Å². The Hall–Kier alpha value is -4.05. The van der Waals surface area contributed by atoms with Crippen LogP contribution in [-0.4, -0.2) is 66.2 Å². The van der Waals surface area contributed by atoms with Gasteiger partial charge in [-0.2, -0.15) is 0 Å². The largest absolute Gasteiger partial charge is 0.335 e. The van der Waals surface area contributed by atoms with Crippen LogP contribution in [0.15, 0.2) is 83.0 Å². The van der Waals surface area contributed by atoms with E-state index < -0.39 is 10.0 Å². The number of rotatable bonds is 5. The number of fused-ring (bicyclic) bond motifs is 1. The van der Waals surface area contributed by atoms with E-state index in [4.69, 9.17) is 0 Å². The molecule has 1 fully saturated rings. The molecule has 1 aliphatic heterocycles. The molecular weight excluding hydrogens is 490 g/mol. The van der Waals surface area contributed by atoms with Gasteiger partial charge in [0.15, 0.2) is 0 Å². The fraction of sp³-hybridized carbons (Fsp3) is 0.259. The number of piperazine rings is 1. The molecule has 1 saturated heterocycles. The zero-order valence-electron chi connectivity index (χ0n) is 20.4. The molecule has 0 spiro atoms. The number of carbonyl (C=O) groups excluding carboxylic acids is 2. The first-order valence-corrected chi connectivity index (χ1v) is 13.6. The van der Waals surface area contributed by atoms with E-state index in [2.05, 4.69) is 14.7 Å². The Morgan fingerprint density at radius 2 is 1.57 bits per heavy atom. The Morgan fingerprint density at radius 3 is 2.27 bits per heavy atom. The van der Waals surface area contributed by atoms with Gasteiger partial charge in [0.1, 0.15) is 10.6 Å². The molecule has 0 bridgehead atoms. The second-order valence-corrected chi connectivity index (χ2v) is 10.7. The number of hydrogen-bond donors (Lipinski definition) is 1. The predicted octanol–water partition coefficient (Wildman–Crippen LogP) is 2.81. The van der Waals surface area contributed by atoms with Gasteiger partial charge in [0.05, 0.1) is 5.52 Å². The van der Waals surface area contributed by atoms with Crippen LogP contribution in [0.25, 0.3) is 10.9 Å². The minimum Gasteiger partial charge on any atom is -0.335 e. The summed E-state index contributed by atoms with van der Waals surface area (Å²) >= 11 is 0. The highest BCUT2D eigenvalue weighted by Crippen LogP contribution is 2.24. The van der Waals surface area contributed by atoms with Crippen molar-refractivity contribution in [1.82, 2.24) is 24.5 Å². The molecule has 0 saturated carbocycles. The minimum absolute atomic E-state index is 0.0859. The van der Waals surface area contributed by atoms with Crippen molar-refractivity contribution in [3.63, 3.8) is 0 Å². The van der Waals surface area contributed by atoms with Crippen LogP contribution in [0.1, 0.15) is 29.0 Å². The summed E-state index contributed by atoms with van der Waals surface area (Å²) in [4.78, 5) is 37.9.